The van der Waals surface area contributed by atoms with Crippen molar-refractivity contribution in [1.29, 1.82) is 0 Å². The van der Waals surface area contributed by atoms with Crippen molar-refractivity contribution in [2.45, 2.75) is 12.6 Å². The highest BCUT2D eigenvalue weighted by Crippen LogP contribution is 2.33. The van der Waals surface area contributed by atoms with Gasteiger partial charge in [-0.15, -0.1) is 0 Å². The SMILES string of the molecule is COC(=O)Cc1ccccc1Nc1ccnc2cc(C(F)(F)F)ccc12. The number of esters is 1. The van der Waals surface area contributed by atoms with E-state index in [0.717, 1.165) is 17.7 Å². The molecule has 2 aromatic carbocycles. The zero-order chi connectivity index (χ0) is 18.7. The van der Waals surface area contributed by atoms with Crippen molar-refractivity contribution in [3.63, 3.8) is 0 Å². The van der Waals surface area contributed by atoms with Gasteiger partial charge in [-0.2, -0.15) is 13.2 Å². The van der Waals surface area contributed by atoms with Gasteiger partial charge in [-0.1, -0.05) is 24.3 Å². The largest absolute Gasteiger partial charge is 0.469 e. The number of hydrogen-bond donors (Lipinski definition) is 1. The van der Waals surface area contributed by atoms with Gasteiger partial charge in [-0.3, -0.25) is 9.78 Å². The van der Waals surface area contributed by atoms with Gasteiger partial charge < -0.3 is 10.1 Å². The number of para-hydroxylation sites is 1. The summed E-state index contributed by atoms with van der Waals surface area (Å²) in [6, 6.07) is 12.3. The third kappa shape index (κ3) is 3.77. The van der Waals surface area contributed by atoms with Gasteiger partial charge in [0.1, 0.15) is 0 Å². The van der Waals surface area contributed by atoms with Crippen molar-refractivity contribution in [2.75, 3.05) is 12.4 Å². The van der Waals surface area contributed by atoms with Crippen LogP contribution >= 0.6 is 0 Å². The van der Waals surface area contributed by atoms with Crippen LogP contribution in [-0.2, 0) is 22.1 Å². The Morgan fingerprint density at radius 3 is 2.62 bits per heavy atom. The number of benzene rings is 2. The zero-order valence-electron chi connectivity index (χ0n) is 13.8. The summed E-state index contributed by atoms with van der Waals surface area (Å²) >= 11 is 0. The molecule has 0 bridgehead atoms. The molecule has 0 unspecified atom stereocenters. The van der Waals surface area contributed by atoms with Gasteiger partial charge in [0.05, 0.1) is 24.6 Å². The molecule has 1 heterocycles. The number of rotatable bonds is 4. The minimum atomic E-state index is -4.42. The summed E-state index contributed by atoms with van der Waals surface area (Å²) in [4.78, 5) is 15.6. The summed E-state index contributed by atoms with van der Waals surface area (Å²) in [5, 5.41) is 3.72. The molecule has 0 aliphatic carbocycles. The number of nitrogens with zero attached hydrogens (tertiary/aromatic N) is 1. The quantitative estimate of drug-likeness (QED) is 0.685. The first-order valence-electron chi connectivity index (χ1n) is 7.76. The molecular formula is C19H15F3N2O2. The minimum absolute atomic E-state index is 0.0842. The monoisotopic (exact) mass is 360 g/mol. The average molecular weight is 360 g/mol. The van der Waals surface area contributed by atoms with Crippen molar-refractivity contribution in [2.24, 2.45) is 0 Å². The van der Waals surface area contributed by atoms with Crippen molar-refractivity contribution in [1.82, 2.24) is 4.98 Å². The zero-order valence-corrected chi connectivity index (χ0v) is 13.8. The van der Waals surface area contributed by atoms with Gasteiger partial charge in [-0.25, -0.2) is 0 Å². The predicted octanol–water partition coefficient (Wildman–Crippen LogP) is 4.71. The number of pyridine rings is 1. The summed E-state index contributed by atoms with van der Waals surface area (Å²) in [5.41, 5.74) is 1.47. The predicted molar refractivity (Wildman–Crippen MR) is 92.2 cm³/mol. The standard InChI is InChI=1S/C19H15F3N2O2/c1-26-18(25)10-12-4-2-3-5-15(12)24-16-8-9-23-17-11-13(19(20,21)22)6-7-14(16)17/h2-9,11H,10H2,1H3,(H,23,24). The lowest BCUT2D eigenvalue weighted by Gasteiger charge is -2.14. The number of nitrogens with one attached hydrogen (secondary N) is 1. The molecule has 26 heavy (non-hydrogen) atoms. The average Bonchev–Trinajstić information content (AvgIpc) is 2.62. The molecule has 7 heteroatoms. The van der Waals surface area contributed by atoms with E-state index in [0.29, 0.717) is 16.8 Å². The molecule has 3 aromatic rings. The van der Waals surface area contributed by atoms with E-state index in [-0.39, 0.29) is 17.9 Å². The van der Waals surface area contributed by atoms with E-state index in [2.05, 4.69) is 10.3 Å². The van der Waals surface area contributed by atoms with Crippen LogP contribution in [-0.4, -0.2) is 18.1 Å². The lowest BCUT2D eigenvalue weighted by Crippen LogP contribution is -2.07. The molecule has 0 radical (unpaired) electrons. The maximum atomic E-state index is 12.9. The number of ether oxygens (including phenoxy) is 1. The number of anilines is 2. The normalized spacial score (nSPS) is 11.4. The van der Waals surface area contributed by atoms with Crippen LogP contribution in [0.25, 0.3) is 10.9 Å². The molecule has 0 atom stereocenters. The van der Waals surface area contributed by atoms with E-state index in [1.807, 2.05) is 0 Å². The Labute approximate surface area is 147 Å². The highest BCUT2D eigenvalue weighted by molar-refractivity contribution is 5.93. The van der Waals surface area contributed by atoms with Gasteiger partial charge in [0.15, 0.2) is 0 Å². The first-order chi connectivity index (χ1) is 12.4. The van der Waals surface area contributed by atoms with Gasteiger partial charge in [0.25, 0.3) is 0 Å². The molecule has 1 N–H and O–H groups in total. The van der Waals surface area contributed by atoms with E-state index in [1.165, 1.54) is 19.4 Å². The molecule has 0 saturated heterocycles. The Bertz CT molecular complexity index is 955. The second kappa shape index (κ2) is 7.03. The highest BCUT2D eigenvalue weighted by Gasteiger charge is 2.30. The third-order valence-electron chi connectivity index (χ3n) is 3.92. The third-order valence-corrected chi connectivity index (χ3v) is 3.92. The number of aromatic nitrogens is 1. The van der Waals surface area contributed by atoms with E-state index < -0.39 is 11.7 Å². The van der Waals surface area contributed by atoms with Crippen LogP contribution in [0.1, 0.15) is 11.1 Å². The van der Waals surface area contributed by atoms with Gasteiger partial charge in [-0.05, 0) is 29.8 Å². The molecule has 134 valence electrons. The van der Waals surface area contributed by atoms with Crippen molar-refractivity contribution in [3.8, 4) is 0 Å². The Kier molecular flexibility index (Phi) is 4.79. The van der Waals surface area contributed by atoms with Crippen molar-refractivity contribution < 1.29 is 22.7 Å². The van der Waals surface area contributed by atoms with Crippen LogP contribution in [0.15, 0.2) is 54.7 Å². The fourth-order valence-corrected chi connectivity index (χ4v) is 2.60. The smallest absolute Gasteiger partial charge is 0.416 e. The summed E-state index contributed by atoms with van der Waals surface area (Å²) in [5.74, 6) is -0.381. The number of methoxy groups -OCH3 is 1. The van der Waals surface area contributed by atoms with Gasteiger partial charge >= 0.3 is 12.1 Å². The molecule has 0 aliphatic rings. The number of alkyl halides is 3. The van der Waals surface area contributed by atoms with E-state index in [1.54, 1.807) is 30.3 Å². The summed E-state index contributed by atoms with van der Waals surface area (Å²) in [7, 11) is 1.31. The molecule has 4 nitrogen and oxygen atoms in total. The highest BCUT2D eigenvalue weighted by atomic mass is 19.4. The van der Waals surface area contributed by atoms with Crippen molar-refractivity contribution >= 4 is 28.2 Å². The van der Waals surface area contributed by atoms with Crippen LogP contribution in [0.5, 0.6) is 0 Å². The van der Waals surface area contributed by atoms with Crippen LogP contribution in [0.2, 0.25) is 0 Å². The fourth-order valence-electron chi connectivity index (χ4n) is 2.60. The lowest BCUT2D eigenvalue weighted by molar-refractivity contribution is -0.140. The Morgan fingerprint density at radius 1 is 1.12 bits per heavy atom. The number of fused-ring (bicyclic) bond motifs is 1. The van der Waals surface area contributed by atoms with Crippen LogP contribution < -0.4 is 5.32 Å². The van der Waals surface area contributed by atoms with Crippen molar-refractivity contribution in [3.05, 3.63) is 65.9 Å². The summed E-state index contributed by atoms with van der Waals surface area (Å²) in [6.45, 7) is 0. The maximum Gasteiger partial charge on any atom is 0.416 e. The fraction of sp³-hybridized carbons (Fsp3) is 0.158. The van der Waals surface area contributed by atoms with E-state index in [9.17, 15) is 18.0 Å². The van der Waals surface area contributed by atoms with E-state index in [4.69, 9.17) is 4.74 Å². The van der Waals surface area contributed by atoms with Crippen LogP contribution in [0, 0.1) is 0 Å². The second-order valence-electron chi connectivity index (χ2n) is 5.62. The van der Waals surface area contributed by atoms with Gasteiger partial charge in [0, 0.05) is 23.0 Å². The summed E-state index contributed by atoms with van der Waals surface area (Å²) in [6.07, 6.45) is -2.90. The topological polar surface area (TPSA) is 51.2 Å². The summed E-state index contributed by atoms with van der Waals surface area (Å²) < 4.78 is 43.3. The maximum absolute atomic E-state index is 12.9. The molecular weight excluding hydrogens is 345 g/mol. The minimum Gasteiger partial charge on any atom is -0.469 e. The van der Waals surface area contributed by atoms with E-state index >= 15 is 0 Å². The molecule has 0 amide bonds. The molecule has 1 aromatic heterocycles. The van der Waals surface area contributed by atoms with Crippen LogP contribution in [0.3, 0.4) is 0 Å². The van der Waals surface area contributed by atoms with Crippen LogP contribution in [0.4, 0.5) is 24.5 Å². The lowest BCUT2D eigenvalue weighted by atomic mass is 10.1. The van der Waals surface area contributed by atoms with Gasteiger partial charge in [0.2, 0.25) is 0 Å². The second-order valence-corrected chi connectivity index (χ2v) is 5.62. The molecule has 0 spiro atoms. The molecule has 3 rings (SSSR count). The number of carbonyl (C=O) groups excluding carboxylic acids is 1. The number of carbonyl (C=O) groups is 1. The number of halogens is 3. The first kappa shape index (κ1) is 17.7. The molecule has 0 aliphatic heterocycles. The Morgan fingerprint density at radius 2 is 1.88 bits per heavy atom. The Hall–Kier alpha value is -3.09. The Balaban J connectivity index is 1.99. The number of hydrogen-bond acceptors (Lipinski definition) is 4. The first-order valence-corrected chi connectivity index (χ1v) is 7.76. The molecule has 0 saturated carbocycles. The molecule has 0 fully saturated rings.